The van der Waals surface area contributed by atoms with E-state index in [1.807, 2.05) is 24.3 Å². The van der Waals surface area contributed by atoms with Gasteiger partial charge in [-0.05, 0) is 25.0 Å². The average molecular weight is 385 g/mol. The van der Waals surface area contributed by atoms with E-state index in [2.05, 4.69) is 15.6 Å². The van der Waals surface area contributed by atoms with Gasteiger partial charge in [0, 0.05) is 11.6 Å². The van der Waals surface area contributed by atoms with Crippen molar-refractivity contribution in [1.29, 1.82) is 0 Å². The molecule has 0 atom stereocenters. The number of fused-ring (bicyclic) bond motifs is 1. The molecule has 0 aliphatic heterocycles. The number of rotatable bonds is 4. The number of pyridine rings is 1. The highest BCUT2D eigenvalue weighted by Crippen LogP contribution is 2.27. The largest absolute Gasteiger partial charge is 0.345 e. The summed E-state index contributed by atoms with van der Waals surface area (Å²) in [6.45, 7) is -0.0962. The number of nitrogens with two attached hydrogens (primary N) is 1. The number of aromatic nitrogens is 1. The first-order valence-corrected chi connectivity index (χ1v) is 7.79. The van der Waals surface area contributed by atoms with Crippen molar-refractivity contribution in [1.82, 2.24) is 10.3 Å². The highest BCUT2D eigenvalue weighted by atomic mass is 35.5. The van der Waals surface area contributed by atoms with Gasteiger partial charge in [0.2, 0.25) is 11.8 Å². The minimum atomic E-state index is -0.818. The average Bonchev–Trinajstić information content (AvgIpc) is 3.01. The molecule has 0 unspecified atom stereocenters. The number of hydrogen-bond donors (Lipinski definition) is 3. The zero-order valence-corrected chi connectivity index (χ0v) is 15.3. The molecule has 0 radical (unpaired) electrons. The standard InChI is InChI=1S/C17H20N4O2.2ClH/c18-17(8-1-2-9-17)16(23)20-11-14(22)21-13-7-3-5-12-6-4-10-19-15(12)13;;/h3-7,10H,1-2,8-9,11,18H2,(H,20,23)(H,21,22);2*1H. The molecule has 1 fully saturated rings. The normalized spacial score (nSPS) is 14.9. The van der Waals surface area contributed by atoms with Crippen LogP contribution in [0.2, 0.25) is 0 Å². The summed E-state index contributed by atoms with van der Waals surface area (Å²) < 4.78 is 0. The van der Waals surface area contributed by atoms with Crippen LogP contribution in [-0.4, -0.2) is 28.9 Å². The SMILES string of the molecule is Cl.Cl.NC1(C(=O)NCC(=O)Nc2cccc3cccnc23)CCCC1. The van der Waals surface area contributed by atoms with Crippen LogP contribution in [0.4, 0.5) is 5.69 Å². The van der Waals surface area contributed by atoms with Gasteiger partial charge in [0.1, 0.15) is 0 Å². The lowest BCUT2D eigenvalue weighted by Gasteiger charge is -2.22. The van der Waals surface area contributed by atoms with Crippen molar-refractivity contribution < 1.29 is 9.59 Å². The summed E-state index contributed by atoms with van der Waals surface area (Å²) in [6.07, 6.45) is 4.94. The number of carbonyl (C=O) groups excluding carboxylic acids is 2. The molecule has 25 heavy (non-hydrogen) atoms. The first-order chi connectivity index (χ1) is 11.1. The molecule has 2 amide bonds. The van der Waals surface area contributed by atoms with Crippen molar-refractivity contribution in [3.63, 3.8) is 0 Å². The van der Waals surface area contributed by atoms with Gasteiger partial charge < -0.3 is 16.4 Å². The van der Waals surface area contributed by atoms with Gasteiger partial charge in [-0.2, -0.15) is 0 Å². The fraction of sp³-hybridized carbons (Fsp3) is 0.353. The summed E-state index contributed by atoms with van der Waals surface area (Å²) in [5, 5.41) is 6.37. The summed E-state index contributed by atoms with van der Waals surface area (Å²) >= 11 is 0. The van der Waals surface area contributed by atoms with Crippen molar-refractivity contribution in [2.75, 3.05) is 11.9 Å². The van der Waals surface area contributed by atoms with Crippen LogP contribution in [0.15, 0.2) is 36.5 Å². The summed E-state index contributed by atoms with van der Waals surface area (Å²) in [4.78, 5) is 28.5. The van der Waals surface area contributed by atoms with E-state index >= 15 is 0 Å². The van der Waals surface area contributed by atoms with E-state index in [-0.39, 0.29) is 43.2 Å². The fourth-order valence-electron chi connectivity index (χ4n) is 2.97. The Morgan fingerprint density at radius 2 is 1.80 bits per heavy atom. The molecule has 136 valence electrons. The van der Waals surface area contributed by atoms with Crippen molar-refractivity contribution in [3.05, 3.63) is 36.5 Å². The number of nitrogens with zero attached hydrogens (tertiary/aromatic N) is 1. The van der Waals surface area contributed by atoms with Gasteiger partial charge in [0.15, 0.2) is 0 Å². The van der Waals surface area contributed by atoms with Crippen molar-refractivity contribution in [2.24, 2.45) is 5.73 Å². The summed E-state index contributed by atoms with van der Waals surface area (Å²) in [6, 6.07) is 9.34. The van der Waals surface area contributed by atoms with Gasteiger partial charge in [-0.25, -0.2) is 0 Å². The van der Waals surface area contributed by atoms with E-state index < -0.39 is 5.54 Å². The topological polar surface area (TPSA) is 97.1 Å². The van der Waals surface area contributed by atoms with E-state index in [9.17, 15) is 9.59 Å². The lowest BCUT2D eigenvalue weighted by Crippen LogP contribution is -2.53. The summed E-state index contributed by atoms with van der Waals surface area (Å²) in [7, 11) is 0. The van der Waals surface area contributed by atoms with Crippen molar-refractivity contribution >= 4 is 53.2 Å². The molecule has 2 aromatic rings. The van der Waals surface area contributed by atoms with Crippen LogP contribution in [0.25, 0.3) is 10.9 Å². The molecule has 0 bridgehead atoms. The summed E-state index contributed by atoms with van der Waals surface area (Å²) in [5.74, 6) is -0.542. The third kappa shape index (κ3) is 4.81. The predicted molar refractivity (Wildman–Crippen MR) is 103 cm³/mol. The molecule has 0 spiro atoms. The minimum absolute atomic E-state index is 0. The van der Waals surface area contributed by atoms with Crippen molar-refractivity contribution in [2.45, 2.75) is 31.2 Å². The molecule has 1 heterocycles. The van der Waals surface area contributed by atoms with Crippen LogP contribution in [0.5, 0.6) is 0 Å². The van der Waals surface area contributed by atoms with Crippen LogP contribution < -0.4 is 16.4 Å². The molecule has 0 saturated heterocycles. The molecule has 1 aromatic carbocycles. The second-order valence-corrected chi connectivity index (χ2v) is 5.97. The Morgan fingerprint density at radius 3 is 2.52 bits per heavy atom. The Morgan fingerprint density at radius 1 is 1.12 bits per heavy atom. The van der Waals surface area contributed by atoms with Crippen LogP contribution in [0.3, 0.4) is 0 Å². The number of para-hydroxylation sites is 1. The quantitative estimate of drug-likeness (QED) is 0.753. The molecule has 1 saturated carbocycles. The lowest BCUT2D eigenvalue weighted by molar-refractivity contribution is -0.128. The van der Waals surface area contributed by atoms with Crippen molar-refractivity contribution in [3.8, 4) is 0 Å². The van der Waals surface area contributed by atoms with Gasteiger partial charge in [-0.1, -0.05) is 31.0 Å². The minimum Gasteiger partial charge on any atom is -0.345 e. The monoisotopic (exact) mass is 384 g/mol. The van der Waals surface area contributed by atoms with E-state index in [1.165, 1.54) is 0 Å². The number of carbonyl (C=O) groups is 2. The Labute approximate surface area is 158 Å². The number of amides is 2. The zero-order chi connectivity index (χ0) is 16.3. The first-order valence-electron chi connectivity index (χ1n) is 7.79. The number of nitrogens with one attached hydrogen (secondary N) is 2. The highest BCUT2D eigenvalue weighted by Gasteiger charge is 2.36. The first kappa shape index (κ1) is 21.2. The molecular formula is C17H22Cl2N4O2. The second kappa shape index (κ2) is 8.99. The number of hydrogen-bond acceptors (Lipinski definition) is 4. The Bertz CT molecular complexity index is 743. The maximum absolute atomic E-state index is 12.1. The number of anilines is 1. The van der Waals surface area contributed by atoms with Crippen LogP contribution in [-0.2, 0) is 9.59 Å². The van der Waals surface area contributed by atoms with Gasteiger partial charge in [-0.3, -0.25) is 14.6 Å². The van der Waals surface area contributed by atoms with Crippen LogP contribution in [0.1, 0.15) is 25.7 Å². The third-order valence-electron chi connectivity index (χ3n) is 4.26. The Kier molecular flexibility index (Phi) is 7.60. The zero-order valence-electron chi connectivity index (χ0n) is 13.7. The van der Waals surface area contributed by atoms with Gasteiger partial charge >= 0.3 is 0 Å². The Balaban J connectivity index is 0.00000156. The Hall–Kier alpha value is -1.89. The lowest BCUT2D eigenvalue weighted by atomic mass is 9.98. The molecule has 1 aliphatic carbocycles. The second-order valence-electron chi connectivity index (χ2n) is 5.97. The van der Waals surface area contributed by atoms with Gasteiger partial charge in [0.25, 0.3) is 0 Å². The molecular weight excluding hydrogens is 363 g/mol. The predicted octanol–water partition coefficient (Wildman–Crippen LogP) is 2.40. The van der Waals surface area contributed by atoms with E-state index in [1.54, 1.807) is 12.3 Å². The van der Waals surface area contributed by atoms with Gasteiger partial charge in [0.05, 0.1) is 23.3 Å². The molecule has 4 N–H and O–H groups in total. The fourth-order valence-corrected chi connectivity index (χ4v) is 2.97. The number of halogens is 2. The van der Waals surface area contributed by atoms with E-state index in [4.69, 9.17) is 5.73 Å². The van der Waals surface area contributed by atoms with E-state index in [0.717, 1.165) is 23.7 Å². The summed E-state index contributed by atoms with van der Waals surface area (Å²) in [5.41, 5.74) is 6.60. The maximum atomic E-state index is 12.1. The molecule has 1 aromatic heterocycles. The maximum Gasteiger partial charge on any atom is 0.243 e. The number of benzene rings is 1. The molecule has 3 rings (SSSR count). The molecule has 8 heteroatoms. The van der Waals surface area contributed by atoms with Crippen LogP contribution >= 0.6 is 24.8 Å². The van der Waals surface area contributed by atoms with Crippen LogP contribution in [0, 0.1) is 0 Å². The van der Waals surface area contributed by atoms with E-state index in [0.29, 0.717) is 18.5 Å². The molecule has 6 nitrogen and oxygen atoms in total. The highest BCUT2D eigenvalue weighted by molar-refractivity contribution is 6.02. The molecule has 1 aliphatic rings. The van der Waals surface area contributed by atoms with Gasteiger partial charge in [-0.15, -0.1) is 24.8 Å². The third-order valence-corrected chi connectivity index (χ3v) is 4.26. The smallest absolute Gasteiger partial charge is 0.243 e.